The Bertz CT molecular complexity index is 972. The number of halogens is 1. The first kappa shape index (κ1) is 17.1. The van der Waals surface area contributed by atoms with Crippen molar-refractivity contribution in [1.82, 2.24) is 9.97 Å². The van der Waals surface area contributed by atoms with Crippen LogP contribution < -0.4 is 10.1 Å². The molecule has 136 valence electrons. The highest BCUT2D eigenvalue weighted by Gasteiger charge is 2.28. The fourth-order valence-electron chi connectivity index (χ4n) is 3.28. The first-order chi connectivity index (χ1) is 13.1. The van der Waals surface area contributed by atoms with Crippen LogP contribution in [0.2, 0.25) is 0 Å². The first-order valence-electron chi connectivity index (χ1n) is 8.68. The molecule has 0 saturated carbocycles. The summed E-state index contributed by atoms with van der Waals surface area (Å²) in [5.74, 6) is 0.927. The van der Waals surface area contributed by atoms with Crippen molar-refractivity contribution in [3.63, 3.8) is 0 Å². The van der Waals surface area contributed by atoms with Gasteiger partial charge in [0.1, 0.15) is 11.6 Å². The van der Waals surface area contributed by atoms with Gasteiger partial charge in [-0.05, 0) is 54.3 Å². The summed E-state index contributed by atoms with van der Waals surface area (Å²) in [6, 6.07) is 13.7. The molecule has 2 aromatic carbocycles. The SMILES string of the molecule is COc1ccc(Nc2ncc3c(n2)CC(c2ccc(F)cc2)CC3=O)cc1. The Morgan fingerprint density at radius 3 is 2.52 bits per heavy atom. The Hall–Kier alpha value is -3.28. The molecule has 5 nitrogen and oxygen atoms in total. The lowest BCUT2D eigenvalue weighted by Crippen LogP contribution is -2.21. The third-order valence-corrected chi connectivity index (χ3v) is 4.73. The van der Waals surface area contributed by atoms with E-state index < -0.39 is 0 Å². The molecule has 0 spiro atoms. The van der Waals surface area contributed by atoms with Gasteiger partial charge in [-0.1, -0.05) is 12.1 Å². The molecule has 1 aliphatic rings. The van der Waals surface area contributed by atoms with Crippen LogP contribution in [0.5, 0.6) is 5.75 Å². The maximum Gasteiger partial charge on any atom is 0.227 e. The number of anilines is 2. The summed E-state index contributed by atoms with van der Waals surface area (Å²) >= 11 is 0. The Labute approximate surface area is 156 Å². The molecule has 0 saturated heterocycles. The molecule has 0 fully saturated rings. The standard InChI is InChI=1S/C21H18FN3O2/c1-27-17-8-6-16(7-9-17)24-21-23-12-18-19(25-21)10-14(11-20(18)26)13-2-4-15(22)5-3-13/h2-9,12,14H,10-11H2,1H3,(H,23,24,25). The topological polar surface area (TPSA) is 64.1 Å². The first-order valence-corrected chi connectivity index (χ1v) is 8.68. The quantitative estimate of drug-likeness (QED) is 0.749. The molecule has 0 amide bonds. The van der Waals surface area contributed by atoms with Crippen LogP contribution in [-0.4, -0.2) is 22.9 Å². The van der Waals surface area contributed by atoms with E-state index in [1.807, 2.05) is 24.3 Å². The van der Waals surface area contributed by atoms with E-state index in [1.165, 1.54) is 12.1 Å². The molecular weight excluding hydrogens is 345 g/mol. The lowest BCUT2D eigenvalue weighted by atomic mass is 9.82. The average molecular weight is 363 g/mol. The van der Waals surface area contributed by atoms with E-state index in [-0.39, 0.29) is 17.5 Å². The summed E-state index contributed by atoms with van der Waals surface area (Å²) in [7, 11) is 1.61. The molecule has 1 unspecified atom stereocenters. The molecule has 4 rings (SSSR count). The second-order valence-electron chi connectivity index (χ2n) is 6.49. The van der Waals surface area contributed by atoms with Crippen molar-refractivity contribution in [3.8, 4) is 5.75 Å². The number of hydrogen-bond donors (Lipinski definition) is 1. The van der Waals surface area contributed by atoms with Crippen molar-refractivity contribution in [2.45, 2.75) is 18.8 Å². The number of nitrogens with one attached hydrogen (secondary N) is 1. The molecule has 0 bridgehead atoms. The molecule has 27 heavy (non-hydrogen) atoms. The monoisotopic (exact) mass is 363 g/mol. The van der Waals surface area contributed by atoms with Gasteiger partial charge < -0.3 is 10.1 Å². The number of ketones is 1. The smallest absolute Gasteiger partial charge is 0.227 e. The predicted octanol–water partition coefficient (Wildman–Crippen LogP) is 4.28. The lowest BCUT2D eigenvalue weighted by Gasteiger charge is -2.23. The van der Waals surface area contributed by atoms with E-state index in [2.05, 4.69) is 15.3 Å². The third-order valence-electron chi connectivity index (χ3n) is 4.73. The number of nitrogens with zero attached hydrogens (tertiary/aromatic N) is 2. The van der Waals surface area contributed by atoms with Crippen molar-refractivity contribution in [1.29, 1.82) is 0 Å². The number of benzene rings is 2. The molecule has 0 aliphatic heterocycles. The number of fused-ring (bicyclic) bond motifs is 1. The van der Waals surface area contributed by atoms with E-state index in [1.54, 1.807) is 25.4 Å². The number of hydrogen-bond acceptors (Lipinski definition) is 5. The number of aromatic nitrogens is 2. The number of carbonyl (C=O) groups is 1. The Morgan fingerprint density at radius 1 is 1.07 bits per heavy atom. The molecule has 3 aromatic rings. The van der Waals surface area contributed by atoms with Crippen LogP contribution in [0, 0.1) is 5.82 Å². The van der Waals surface area contributed by atoms with E-state index in [4.69, 9.17) is 4.74 Å². The van der Waals surface area contributed by atoms with E-state index >= 15 is 0 Å². The minimum Gasteiger partial charge on any atom is -0.497 e. The maximum absolute atomic E-state index is 13.2. The second-order valence-corrected chi connectivity index (χ2v) is 6.49. The van der Waals surface area contributed by atoms with Gasteiger partial charge >= 0.3 is 0 Å². The van der Waals surface area contributed by atoms with E-state index in [0.29, 0.717) is 30.0 Å². The third kappa shape index (κ3) is 3.65. The lowest BCUT2D eigenvalue weighted by molar-refractivity contribution is 0.0962. The van der Waals surface area contributed by atoms with Crippen molar-refractivity contribution in [2.75, 3.05) is 12.4 Å². The van der Waals surface area contributed by atoms with Crippen LogP contribution in [0.15, 0.2) is 54.7 Å². The Morgan fingerprint density at radius 2 is 1.81 bits per heavy atom. The van der Waals surface area contributed by atoms with Gasteiger partial charge in [-0.25, -0.2) is 14.4 Å². The van der Waals surface area contributed by atoms with Gasteiger partial charge in [0.2, 0.25) is 5.95 Å². The maximum atomic E-state index is 13.2. The minimum absolute atomic E-state index is 0.00524. The second kappa shape index (κ2) is 7.15. The van der Waals surface area contributed by atoms with Crippen molar-refractivity contribution in [3.05, 3.63) is 77.4 Å². The number of ether oxygens (including phenoxy) is 1. The van der Waals surface area contributed by atoms with Crippen LogP contribution in [0.4, 0.5) is 16.0 Å². The van der Waals surface area contributed by atoms with Crippen LogP contribution >= 0.6 is 0 Å². The van der Waals surface area contributed by atoms with E-state index in [0.717, 1.165) is 17.0 Å². The summed E-state index contributed by atoms with van der Waals surface area (Å²) in [6.07, 6.45) is 2.58. The highest BCUT2D eigenvalue weighted by molar-refractivity contribution is 5.98. The summed E-state index contributed by atoms with van der Waals surface area (Å²) in [6.45, 7) is 0. The molecule has 1 aliphatic carbocycles. The number of carbonyl (C=O) groups excluding carboxylic acids is 1. The summed E-state index contributed by atoms with van der Waals surface area (Å²) in [5, 5.41) is 3.14. The summed E-state index contributed by atoms with van der Waals surface area (Å²) in [5.41, 5.74) is 3.05. The highest BCUT2D eigenvalue weighted by atomic mass is 19.1. The zero-order valence-electron chi connectivity index (χ0n) is 14.8. The van der Waals surface area contributed by atoms with Crippen LogP contribution in [0.3, 0.4) is 0 Å². The molecule has 1 atom stereocenters. The van der Waals surface area contributed by atoms with Gasteiger partial charge in [-0.15, -0.1) is 0 Å². The highest BCUT2D eigenvalue weighted by Crippen LogP contribution is 2.32. The fraction of sp³-hybridized carbons (Fsp3) is 0.190. The zero-order valence-corrected chi connectivity index (χ0v) is 14.8. The van der Waals surface area contributed by atoms with Crippen molar-refractivity contribution >= 4 is 17.4 Å². The molecular formula is C21H18FN3O2. The van der Waals surface area contributed by atoms with Crippen molar-refractivity contribution < 1.29 is 13.9 Å². The van der Waals surface area contributed by atoms with Gasteiger partial charge in [0, 0.05) is 18.3 Å². The Balaban J connectivity index is 1.57. The van der Waals surface area contributed by atoms with Crippen LogP contribution in [0.25, 0.3) is 0 Å². The van der Waals surface area contributed by atoms with E-state index in [9.17, 15) is 9.18 Å². The fourth-order valence-corrected chi connectivity index (χ4v) is 3.28. The van der Waals surface area contributed by atoms with Crippen molar-refractivity contribution in [2.24, 2.45) is 0 Å². The molecule has 0 radical (unpaired) electrons. The predicted molar refractivity (Wildman–Crippen MR) is 100 cm³/mol. The summed E-state index contributed by atoms with van der Waals surface area (Å²) < 4.78 is 18.3. The van der Waals surface area contributed by atoms with Gasteiger partial charge in [-0.3, -0.25) is 4.79 Å². The average Bonchev–Trinajstić information content (AvgIpc) is 2.69. The summed E-state index contributed by atoms with van der Waals surface area (Å²) in [4.78, 5) is 21.3. The molecule has 1 N–H and O–H groups in total. The van der Waals surface area contributed by atoms with Gasteiger partial charge in [0.05, 0.1) is 18.4 Å². The number of rotatable bonds is 4. The normalized spacial score (nSPS) is 15.9. The molecule has 1 aromatic heterocycles. The largest absolute Gasteiger partial charge is 0.497 e. The van der Waals surface area contributed by atoms with Gasteiger partial charge in [0.15, 0.2) is 5.78 Å². The van der Waals surface area contributed by atoms with Gasteiger partial charge in [-0.2, -0.15) is 0 Å². The Kier molecular flexibility index (Phi) is 4.54. The zero-order chi connectivity index (χ0) is 18.8. The minimum atomic E-state index is -0.283. The number of methoxy groups -OCH3 is 1. The van der Waals surface area contributed by atoms with Crippen LogP contribution in [0.1, 0.15) is 34.0 Å². The van der Waals surface area contributed by atoms with Crippen LogP contribution in [-0.2, 0) is 6.42 Å². The molecule has 1 heterocycles. The van der Waals surface area contributed by atoms with Gasteiger partial charge in [0.25, 0.3) is 0 Å². The molecule has 6 heteroatoms. The number of Topliss-reactive ketones (excluding diaryl/α,β-unsaturated/α-hetero) is 1.